The van der Waals surface area contributed by atoms with E-state index in [4.69, 9.17) is 0 Å². The average Bonchev–Trinajstić information content (AvgIpc) is 3.06. The van der Waals surface area contributed by atoms with Gasteiger partial charge in [0.05, 0.1) is 6.04 Å². The fraction of sp³-hybridized carbons (Fsp3) is 0.500. The molecule has 3 nitrogen and oxygen atoms in total. The number of hydrogen-bond acceptors (Lipinski definition) is 2. The Bertz CT molecular complexity index is 520. The summed E-state index contributed by atoms with van der Waals surface area (Å²) in [6.07, 6.45) is 2.77. The summed E-state index contributed by atoms with van der Waals surface area (Å²) >= 11 is 0. The summed E-state index contributed by atoms with van der Waals surface area (Å²) in [5.41, 5.74) is 1.96. The molecule has 22 heavy (non-hydrogen) atoms. The van der Waals surface area contributed by atoms with Crippen LogP contribution in [-0.2, 0) is 4.79 Å². The molecule has 1 aromatic carbocycles. The Morgan fingerprint density at radius 1 is 1.32 bits per heavy atom. The zero-order valence-corrected chi connectivity index (χ0v) is 13.4. The summed E-state index contributed by atoms with van der Waals surface area (Å²) in [5.74, 6) is -0.188. The molecule has 4 heteroatoms. The monoisotopic (exact) mass is 304 g/mol. The van der Waals surface area contributed by atoms with Gasteiger partial charge in [-0.2, -0.15) is 0 Å². The Balaban J connectivity index is 2.20. The minimum Gasteiger partial charge on any atom is -0.374 e. The molecule has 0 bridgehead atoms. The predicted octanol–water partition coefficient (Wildman–Crippen LogP) is 3.43. The van der Waals surface area contributed by atoms with Gasteiger partial charge in [-0.3, -0.25) is 4.79 Å². The van der Waals surface area contributed by atoms with E-state index in [1.165, 1.54) is 25.0 Å². The van der Waals surface area contributed by atoms with Crippen LogP contribution in [0.5, 0.6) is 0 Å². The lowest BCUT2D eigenvalue weighted by Gasteiger charge is -2.33. The molecule has 1 N–H and O–H groups in total. The van der Waals surface area contributed by atoms with Gasteiger partial charge in [0.1, 0.15) is 5.82 Å². The molecule has 0 aromatic heterocycles. The Hall–Kier alpha value is -1.84. The summed E-state index contributed by atoms with van der Waals surface area (Å²) in [7, 11) is 0. The first kappa shape index (κ1) is 16.5. The van der Waals surface area contributed by atoms with Gasteiger partial charge in [-0.05, 0) is 30.5 Å². The Morgan fingerprint density at radius 2 is 1.91 bits per heavy atom. The van der Waals surface area contributed by atoms with E-state index < -0.39 is 0 Å². The van der Waals surface area contributed by atoms with Crippen LogP contribution < -0.4 is 5.32 Å². The second kappa shape index (κ2) is 7.43. The number of hydrogen-bond donors (Lipinski definition) is 1. The molecule has 1 aromatic rings. The lowest BCUT2D eigenvalue weighted by molar-refractivity contribution is -0.121. The van der Waals surface area contributed by atoms with E-state index in [9.17, 15) is 9.18 Å². The van der Waals surface area contributed by atoms with E-state index >= 15 is 0 Å². The van der Waals surface area contributed by atoms with Crippen molar-refractivity contribution in [3.8, 4) is 0 Å². The third-order valence-corrected chi connectivity index (χ3v) is 4.40. The van der Waals surface area contributed by atoms with Crippen molar-refractivity contribution in [3.05, 3.63) is 47.9 Å². The molecule has 0 spiro atoms. The third-order valence-electron chi connectivity index (χ3n) is 4.40. The molecule has 2 rings (SSSR count). The molecular formula is C18H25FN2O. The standard InChI is InChI=1S/C18H25FN2O/c1-4-17(22)20-18(14(3)21-11-5-6-12-21)13(2)15-7-9-16(19)10-8-15/h7-10,13,18H,3-6,11-12H2,1-2H3,(H,20,22). The maximum Gasteiger partial charge on any atom is 0.220 e. The van der Waals surface area contributed by atoms with Gasteiger partial charge in [-0.25, -0.2) is 4.39 Å². The molecule has 1 amide bonds. The molecule has 1 aliphatic heterocycles. The highest BCUT2D eigenvalue weighted by Gasteiger charge is 2.27. The summed E-state index contributed by atoms with van der Waals surface area (Å²) in [4.78, 5) is 14.2. The Labute approximate surface area is 132 Å². The Kier molecular flexibility index (Phi) is 5.58. The Morgan fingerprint density at radius 3 is 2.45 bits per heavy atom. The minimum atomic E-state index is -0.247. The molecule has 2 unspecified atom stereocenters. The summed E-state index contributed by atoms with van der Waals surface area (Å²) in [5, 5.41) is 3.08. The van der Waals surface area contributed by atoms with E-state index in [-0.39, 0.29) is 23.7 Å². The number of nitrogens with zero attached hydrogens (tertiary/aromatic N) is 1. The molecule has 120 valence electrons. The quantitative estimate of drug-likeness (QED) is 0.873. The summed E-state index contributed by atoms with van der Waals surface area (Å²) < 4.78 is 13.1. The molecular weight excluding hydrogens is 279 g/mol. The van der Waals surface area contributed by atoms with E-state index in [0.29, 0.717) is 6.42 Å². The van der Waals surface area contributed by atoms with E-state index in [1.54, 1.807) is 12.1 Å². The molecule has 1 heterocycles. The first-order valence-corrected chi connectivity index (χ1v) is 8.01. The maximum absolute atomic E-state index is 13.1. The largest absolute Gasteiger partial charge is 0.374 e. The molecule has 0 radical (unpaired) electrons. The topological polar surface area (TPSA) is 32.3 Å². The number of amides is 1. The van der Waals surface area contributed by atoms with Crippen molar-refractivity contribution in [2.45, 2.75) is 45.1 Å². The maximum atomic E-state index is 13.1. The van der Waals surface area contributed by atoms with Gasteiger partial charge in [0, 0.05) is 31.1 Å². The van der Waals surface area contributed by atoms with Crippen molar-refractivity contribution in [3.63, 3.8) is 0 Å². The number of nitrogens with one attached hydrogen (secondary N) is 1. The van der Waals surface area contributed by atoms with Gasteiger partial charge in [-0.15, -0.1) is 0 Å². The fourth-order valence-corrected chi connectivity index (χ4v) is 2.93. The molecule has 1 saturated heterocycles. The summed E-state index contributed by atoms with van der Waals surface area (Å²) in [6.45, 7) is 10.1. The van der Waals surface area contributed by atoms with Crippen LogP contribution in [0.1, 0.15) is 44.6 Å². The van der Waals surface area contributed by atoms with Crippen LogP contribution in [0.3, 0.4) is 0 Å². The van der Waals surface area contributed by atoms with Gasteiger partial charge >= 0.3 is 0 Å². The van der Waals surface area contributed by atoms with Gasteiger partial charge < -0.3 is 10.2 Å². The first-order valence-electron chi connectivity index (χ1n) is 8.01. The van der Waals surface area contributed by atoms with E-state index in [0.717, 1.165) is 24.4 Å². The van der Waals surface area contributed by atoms with Crippen molar-refractivity contribution in [1.82, 2.24) is 10.2 Å². The van der Waals surface area contributed by atoms with Crippen molar-refractivity contribution in [1.29, 1.82) is 0 Å². The summed E-state index contributed by atoms with van der Waals surface area (Å²) in [6, 6.07) is 6.33. The van der Waals surface area contributed by atoms with E-state index in [1.807, 2.05) is 6.92 Å². The van der Waals surface area contributed by atoms with Gasteiger partial charge in [0.15, 0.2) is 0 Å². The van der Waals surface area contributed by atoms with Gasteiger partial charge in [0.2, 0.25) is 5.91 Å². The molecule has 0 aliphatic carbocycles. The smallest absolute Gasteiger partial charge is 0.220 e. The highest BCUT2D eigenvalue weighted by atomic mass is 19.1. The molecule has 1 aliphatic rings. The lowest BCUT2D eigenvalue weighted by atomic mass is 9.91. The van der Waals surface area contributed by atoms with Crippen molar-refractivity contribution >= 4 is 5.91 Å². The SMILES string of the molecule is C=C(C(NC(=O)CC)C(C)c1ccc(F)cc1)N1CCCC1. The zero-order valence-electron chi connectivity index (χ0n) is 13.4. The van der Waals surface area contributed by atoms with Crippen molar-refractivity contribution < 1.29 is 9.18 Å². The van der Waals surface area contributed by atoms with E-state index in [2.05, 4.69) is 23.7 Å². The van der Waals surface area contributed by atoms with Crippen LogP contribution >= 0.6 is 0 Å². The fourth-order valence-electron chi connectivity index (χ4n) is 2.93. The van der Waals surface area contributed by atoms with Gasteiger partial charge in [-0.1, -0.05) is 32.6 Å². The van der Waals surface area contributed by atoms with Crippen LogP contribution in [0, 0.1) is 5.82 Å². The number of likely N-dealkylation sites (tertiary alicyclic amines) is 1. The number of carbonyl (C=O) groups is 1. The zero-order chi connectivity index (χ0) is 16.1. The van der Waals surface area contributed by atoms with Crippen molar-refractivity contribution in [2.24, 2.45) is 0 Å². The highest BCUT2D eigenvalue weighted by Crippen LogP contribution is 2.27. The normalized spacial score (nSPS) is 17.1. The number of carbonyl (C=O) groups excluding carboxylic acids is 1. The van der Waals surface area contributed by atoms with Crippen LogP contribution in [-0.4, -0.2) is 29.9 Å². The van der Waals surface area contributed by atoms with Gasteiger partial charge in [0.25, 0.3) is 0 Å². The van der Waals surface area contributed by atoms with Crippen molar-refractivity contribution in [2.75, 3.05) is 13.1 Å². The number of halogens is 1. The van der Waals surface area contributed by atoms with Crippen LogP contribution in [0.15, 0.2) is 36.5 Å². The first-order chi connectivity index (χ1) is 10.5. The second-order valence-electron chi connectivity index (χ2n) is 5.92. The lowest BCUT2D eigenvalue weighted by Crippen LogP contribution is -2.43. The van der Waals surface area contributed by atoms with Crippen LogP contribution in [0.2, 0.25) is 0 Å². The molecule has 1 fully saturated rings. The number of benzene rings is 1. The second-order valence-corrected chi connectivity index (χ2v) is 5.92. The molecule has 0 saturated carbocycles. The van der Waals surface area contributed by atoms with Crippen LogP contribution in [0.25, 0.3) is 0 Å². The minimum absolute atomic E-state index is 0.0132. The highest BCUT2D eigenvalue weighted by molar-refractivity contribution is 5.76. The molecule has 2 atom stereocenters. The number of rotatable bonds is 6. The predicted molar refractivity (Wildman–Crippen MR) is 87.0 cm³/mol. The third kappa shape index (κ3) is 3.87. The van der Waals surface area contributed by atoms with Crippen LogP contribution in [0.4, 0.5) is 4.39 Å². The average molecular weight is 304 g/mol.